The van der Waals surface area contributed by atoms with Gasteiger partial charge < -0.3 is 19.4 Å². The minimum atomic E-state index is -0.428. The zero-order valence-corrected chi connectivity index (χ0v) is 20.0. The van der Waals surface area contributed by atoms with Gasteiger partial charge in [-0.1, -0.05) is 29.8 Å². The predicted octanol–water partition coefficient (Wildman–Crippen LogP) is 3.81. The van der Waals surface area contributed by atoms with Gasteiger partial charge in [-0.05, 0) is 56.3 Å². The summed E-state index contributed by atoms with van der Waals surface area (Å²) in [6, 6.07) is 16.6. The molecular weight excluding hydrogens is 438 g/mol. The molecule has 0 radical (unpaired) electrons. The van der Waals surface area contributed by atoms with Crippen LogP contribution in [-0.2, 0) is 4.79 Å². The predicted molar refractivity (Wildman–Crippen MR) is 130 cm³/mol. The van der Waals surface area contributed by atoms with Gasteiger partial charge in [0.15, 0.2) is 0 Å². The second-order valence-electron chi connectivity index (χ2n) is 9.30. The summed E-state index contributed by atoms with van der Waals surface area (Å²) in [5.41, 5.74) is 0.250. The number of amides is 2. The fraction of sp³-hybridized carbons (Fsp3) is 0.462. The highest BCUT2D eigenvalue weighted by Gasteiger charge is 2.41. The van der Waals surface area contributed by atoms with Crippen LogP contribution in [0, 0.1) is 5.41 Å². The highest BCUT2D eigenvalue weighted by Crippen LogP contribution is 2.36. The molecule has 0 saturated carbocycles. The van der Waals surface area contributed by atoms with Crippen LogP contribution in [0.4, 0.5) is 0 Å². The van der Waals surface area contributed by atoms with Gasteiger partial charge in [0.05, 0.1) is 6.61 Å². The van der Waals surface area contributed by atoms with Crippen molar-refractivity contribution in [2.75, 3.05) is 52.9 Å². The Balaban J connectivity index is 1.51. The quantitative estimate of drug-likeness (QED) is 0.645. The number of halogens is 1. The van der Waals surface area contributed by atoms with E-state index in [1.807, 2.05) is 52.3 Å². The highest BCUT2D eigenvalue weighted by atomic mass is 35.5. The van der Waals surface area contributed by atoms with Crippen molar-refractivity contribution in [1.82, 2.24) is 14.7 Å². The molecule has 2 fully saturated rings. The number of carbonyl (C=O) groups excluding carboxylic acids is 2. The zero-order chi connectivity index (χ0) is 23.3. The molecule has 7 heteroatoms. The molecule has 4 rings (SSSR count). The molecule has 0 aliphatic carbocycles. The summed E-state index contributed by atoms with van der Waals surface area (Å²) in [6.45, 7) is 4.85. The molecule has 1 atom stereocenters. The van der Waals surface area contributed by atoms with Crippen LogP contribution in [0.1, 0.15) is 29.6 Å². The van der Waals surface area contributed by atoms with Gasteiger partial charge >= 0.3 is 0 Å². The summed E-state index contributed by atoms with van der Waals surface area (Å²) in [5.74, 6) is 0.882. The maximum Gasteiger partial charge on any atom is 0.253 e. The van der Waals surface area contributed by atoms with Crippen molar-refractivity contribution in [3.63, 3.8) is 0 Å². The number of benzene rings is 2. The molecule has 0 bridgehead atoms. The number of piperazine rings is 1. The minimum absolute atomic E-state index is 0.0122. The van der Waals surface area contributed by atoms with Crippen molar-refractivity contribution < 1.29 is 14.3 Å². The van der Waals surface area contributed by atoms with Gasteiger partial charge in [-0.25, -0.2) is 0 Å². The molecule has 0 aromatic heterocycles. The van der Waals surface area contributed by atoms with Gasteiger partial charge in [0.1, 0.15) is 5.75 Å². The molecule has 2 amide bonds. The fourth-order valence-electron chi connectivity index (χ4n) is 4.71. The third kappa shape index (κ3) is 6.06. The topological polar surface area (TPSA) is 53.1 Å². The summed E-state index contributed by atoms with van der Waals surface area (Å²) in [7, 11) is 2.08. The van der Waals surface area contributed by atoms with Crippen molar-refractivity contribution in [3.05, 3.63) is 65.2 Å². The standard InChI is InChI=1S/C26H32ClN3O3/c1-28-14-16-29(17-15-28)24(31)18-26(20-33-23-10-8-22(27)9-11-23)12-5-13-30(19-26)25(32)21-6-3-2-4-7-21/h2-4,6-11H,5,12-20H2,1H3. The van der Waals surface area contributed by atoms with Crippen LogP contribution >= 0.6 is 11.6 Å². The van der Waals surface area contributed by atoms with Gasteiger partial charge in [-0.3, -0.25) is 9.59 Å². The summed E-state index contributed by atoms with van der Waals surface area (Å²) >= 11 is 6.01. The number of nitrogens with zero attached hydrogens (tertiary/aromatic N) is 3. The van der Waals surface area contributed by atoms with Crippen LogP contribution < -0.4 is 4.74 Å². The molecule has 2 aliphatic rings. The number of piperidine rings is 1. The summed E-state index contributed by atoms with van der Waals surface area (Å²) in [5, 5.41) is 0.652. The lowest BCUT2D eigenvalue weighted by molar-refractivity contribution is -0.137. The number of hydrogen-bond donors (Lipinski definition) is 0. The average Bonchev–Trinajstić information content (AvgIpc) is 2.84. The van der Waals surface area contributed by atoms with Gasteiger partial charge in [-0.2, -0.15) is 0 Å². The van der Waals surface area contributed by atoms with E-state index in [9.17, 15) is 9.59 Å². The number of likely N-dealkylation sites (N-methyl/N-ethyl adjacent to an activating group) is 1. The molecular formula is C26H32ClN3O3. The third-order valence-corrected chi connectivity index (χ3v) is 6.96. The number of hydrogen-bond acceptors (Lipinski definition) is 4. The van der Waals surface area contributed by atoms with E-state index in [1.54, 1.807) is 12.1 Å². The Kier molecular flexibility index (Phi) is 7.56. The molecule has 6 nitrogen and oxygen atoms in total. The molecule has 1 unspecified atom stereocenters. The van der Waals surface area contributed by atoms with Crippen LogP contribution in [0.25, 0.3) is 0 Å². The van der Waals surface area contributed by atoms with Crippen molar-refractivity contribution in [3.8, 4) is 5.75 Å². The molecule has 2 aliphatic heterocycles. The molecule has 0 spiro atoms. The summed E-state index contributed by atoms with van der Waals surface area (Å²) in [6.07, 6.45) is 2.07. The van der Waals surface area contributed by atoms with Crippen LogP contribution in [0.15, 0.2) is 54.6 Å². The van der Waals surface area contributed by atoms with Gasteiger partial charge in [0, 0.05) is 61.7 Å². The fourth-order valence-corrected chi connectivity index (χ4v) is 4.84. The SMILES string of the molecule is CN1CCN(C(=O)CC2(COc3ccc(Cl)cc3)CCCN(C(=O)c3ccccc3)C2)CC1. The van der Waals surface area contributed by atoms with E-state index in [2.05, 4.69) is 11.9 Å². The Morgan fingerprint density at radius 2 is 1.64 bits per heavy atom. The van der Waals surface area contributed by atoms with E-state index in [1.165, 1.54) is 0 Å². The first-order chi connectivity index (χ1) is 15.9. The van der Waals surface area contributed by atoms with Gasteiger partial charge in [0.2, 0.25) is 5.91 Å². The Morgan fingerprint density at radius 1 is 0.939 bits per heavy atom. The first-order valence-corrected chi connectivity index (χ1v) is 12.0. The molecule has 2 aromatic carbocycles. The monoisotopic (exact) mass is 469 g/mol. The largest absolute Gasteiger partial charge is 0.493 e. The first-order valence-electron chi connectivity index (χ1n) is 11.6. The van der Waals surface area contributed by atoms with Crippen molar-refractivity contribution in [1.29, 1.82) is 0 Å². The lowest BCUT2D eigenvalue weighted by Crippen LogP contribution is -2.53. The Bertz CT molecular complexity index is 945. The second-order valence-corrected chi connectivity index (χ2v) is 9.74. The Morgan fingerprint density at radius 3 is 2.33 bits per heavy atom. The van der Waals surface area contributed by atoms with Crippen LogP contribution in [0.3, 0.4) is 0 Å². The van der Waals surface area contributed by atoms with Crippen molar-refractivity contribution in [2.45, 2.75) is 19.3 Å². The molecule has 2 saturated heterocycles. The van der Waals surface area contributed by atoms with E-state index < -0.39 is 5.41 Å². The van der Waals surface area contributed by atoms with E-state index in [4.69, 9.17) is 16.3 Å². The second kappa shape index (κ2) is 10.6. The Labute approximate surface area is 201 Å². The van der Waals surface area contributed by atoms with Gasteiger partial charge in [-0.15, -0.1) is 0 Å². The van der Waals surface area contributed by atoms with E-state index >= 15 is 0 Å². The molecule has 2 aromatic rings. The first kappa shape index (κ1) is 23.6. The maximum absolute atomic E-state index is 13.3. The lowest BCUT2D eigenvalue weighted by Gasteiger charge is -2.43. The normalized spacial score (nSPS) is 21.6. The zero-order valence-electron chi connectivity index (χ0n) is 19.2. The molecule has 176 valence electrons. The molecule has 0 N–H and O–H groups in total. The van der Waals surface area contributed by atoms with Crippen molar-refractivity contribution in [2.24, 2.45) is 5.41 Å². The smallest absolute Gasteiger partial charge is 0.253 e. The van der Waals surface area contributed by atoms with Crippen LogP contribution in [0.2, 0.25) is 5.02 Å². The van der Waals surface area contributed by atoms with Crippen LogP contribution in [-0.4, -0.2) is 79.4 Å². The average molecular weight is 470 g/mol. The van der Waals surface area contributed by atoms with E-state index in [0.29, 0.717) is 36.7 Å². The molecule has 33 heavy (non-hydrogen) atoms. The van der Waals surface area contributed by atoms with E-state index in [-0.39, 0.29) is 11.8 Å². The minimum Gasteiger partial charge on any atom is -0.493 e. The summed E-state index contributed by atoms with van der Waals surface area (Å²) < 4.78 is 6.17. The van der Waals surface area contributed by atoms with Gasteiger partial charge in [0.25, 0.3) is 5.91 Å². The third-order valence-electron chi connectivity index (χ3n) is 6.71. The van der Waals surface area contributed by atoms with Crippen molar-refractivity contribution >= 4 is 23.4 Å². The number of rotatable bonds is 6. The highest BCUT2D eigenvalue weighted by molar-refractivity contribution is 6.30. The number of carbonyl (C=O) groups is 2. The summed E-state index contributed by atoms with van der Waals surface area (Å²) in [4.78, 5) is 32.6. The molecule has 2 heterocycles. The Hall–Kier alpha value is -2.57. The maximum atomic E-state index is 13.3. The number of ether oxygens (including phenoxy) is 1. The van der Waals surface area contributed by atoms with E-state index in [0.717, 1.165) is 44.8 Å². The lowest BCUT2D eigenvalue weighted by atomic mass is 9.77. The number of likely N-dealkylation sites (tertiary alicyclic amines) is 1. The van der Waals surface area contributed by atoms with Crippen LogP contribution in [0.5, 0.6) is 5.75 Å².